The minimum absolute atomic E-state index is 0.0861. The second-order valence-corrected chi connectivity index (χ2v) is 11.6. The molecule has 2 aromatic rings. The molecular weight excluding hydrogens is 270 g/mol. The highest BCUT2D eigenvalue weighted by Crippen LogP contribution is 2.24. The van der Waals surface area contributed by atoms with Gasteiger partial charge in [0.15, 0.2) is 6.20 Å². The van der Waals surface area contributed by atoms with Gasteiger partial charge in [0.05, 0.1) is 8.07 Å². The highest BCUT2D eigenvalue weighted by molar-refractivity contribution is 6.89. The Morgan fingerprint density at radius 3 is 2.43 bits per heavy atom. The number of pyridine rings is 1. The van der Waals surface area contributed by atoms with Gasteiger partial charge in [-0.15, -0.1) is 0 Å². The van der Waals surface area contributed by atoms with Gasteiger partial charge >= 0.3 is 0 Å². The minimum atomic E-state index is -3.00. The molecule has 112 valence electrons. The molecule has 0 spiro atoms. The molecule has 0 saturated heterocycles. The number of hydrogen-bond acceptors (Lipinski definition) is 0. The van der Waals surface area contributed by atoms with E-state index < -0.39 is 27.7 Å². The molecule has 0 amide bonds. The molecule has 21 heavy (non-hydrogen) atoms. The van der Waals surface area contributed by atoms with Crippen molar-refractivity contribution in [2.75, 3.05) is 0 Å². The summed E-state index contributed by atoms with van der Waals surface area (Å²) in [4.78, 5) is 0. The fraction of sp³-hybridized carbons (Fsp3) is 0.421. The summed E-state index contributed by atoms with van der Waals surface area (Å²) in [7, 11) is -0.288. The topological polar surface area (TPSA) is 3.88 Å². The number of hydrogen-bond donors (Lipinski definition) is 0. The standard InChI is InChI=1S/C19H28NSi/c1-14(2)17-12-18(16-11-9-8-10-15(16)3)20(4)13-19(17)21(5,6)7/h8-14H,1-7H3/q+1/i1D3,2D3,14D. The van der Waals surface area contributed by atoms with E-state index >= 15 is 0 Å². The van der Waals surface area contributed by atoms with Crippen LogP contribution in [0.3, 0.4) is 0 Å². The summed E-state index contributed by atoms with van der Waals surface area (Å²) >= 11 is 0. The van der Waals surface area contributed by atoms with Crippen LogP contribution < -0.4 is 9.75 Å². The summed E-state index contributed by atoms with van der Waals surface area (Å²) in [6, 6.07) is 9.27. The number of aromatic nitrogens is 1. The van der Waals surface area contributed by atoms with E-state index in [2.05, 4.69) is 0 Å². The van der Waals surface area contributed by atoms with Crippen LogP contribution in [0.25, 0.3) is 11.3 Å². The molecule has 1 nitrogen and oxygen atoms in total. The first kappa shape index (κ1) is 8.89. The van der Waals surface area contributed by atoms with Crippen molar-refractivity contribution in [2.45, 2.75) is 46.2 Å². The van der Waals surface area contributed by atoms with Gasteiger partial charge in [0.25, 0.3) is 0 Å². The van der Waals surface area contributed by atoms with Crippen LogP contribution in [0.4, 0.5) is 0 Å². The third kappa shape index (κ3) is 3.26. The largest absolute Gasteiger partial charge is 0.212 e. The van der Waals surface area contributed by atoms with Gasteiger partial charge in [-0.05, 0) is 30.0 Å². The molecule has 1 aromatic heterocycles. The summed E-state index contributed by atoms with van der Waals surface area (Å²) < 4.78 is 58.3. The van der Waals surface area contributed by atoms with E-state index in [4.69, 9.17) is 9.60 Å². The molecule has 0 aliphatic heterocycles. The predicted molar refractivity (Wildman–Crippen MR) is 94.9 cm³/mol. The molecule has 0 aliphatic carbocycles. The maximum atomic E-state index is 8.76. The van der Waals surface area contributed by atoms with Crippen molar-refractivity contribution in [2.24, 2.45) is 7.05 Å². The van der Waals surface area contributed by atoms with E-state index in [-0.39, 0.29) is 5.56 Å². The van der Waals surface area contributed by atoms with E-state index in [0.29, 0.717) is 10.9 Å². The first-order valence-corrected chi connectivity index (χ1v) is 10.6. The second kappa shape index (κ2) is 5.76. The van der Waals surface area contributed by atoms with Gasteiger partial charge in [0, 0.05) is 26.4 Å². The maximum Gasteiger partial charge on any atom is 0.212 e. The van der Waals surface area contributed by atoms with Crippen LogP contribution in [0.15, 0.2) is 36.5 Å². The Kier molecular flexibility index (Phi) is 2.44. The molecule has 0 radical (unpaired) electrons. The van der Waals surface area contributed by atoms with Gasteiger partial charge in [-0.3, -0.25) is 0 Å². The second-order valence-electron chi connectivity index (χ2n) is 6.54. The lowest BCUT2D eigenvalue weighted by atomic mass is 9.99. The van der Waals surface area contributed by atoms with Gasteiger partial charge in [-0.1, -0.05) is 51.5 Å². The average molecular weight is 306 g/mol. The quantitative estimate of drug-likeness (QED) is 0.592. The number of benzene rings is 1. The molecule has 0 saturated carbocycles. The van der Waals surface area contributed by atoms with Crippen LogP contribution in [-0.4, -0.2) is 8.07 Å². The Bertz CT molecular complexity index is 865. The highest BCUT2D eigenvalue weighted by atomic mass is 28.3. The lowest BCUT2D eigenvalue weighted by Crippen LogP contribution is -2.47. The Balaban J connectivity index is 2.99. The molecule has 2 rings (SSSR count). The molecular formula is C19H28NSi+. The zero-order valence-corrected chi connectivity index (χ0v) is 14.4. The monoisotopic (exact) mass is 305 g/mol. The van der Waals surface area contributed by atoms with Crippen LogP contribution in [-0.2, 0) is 7.05 Å². The third-order valence-electron chi connectivity index (χ3n) is 3.77. The van der Waals surface area contributed by atoms with E-state index in [9.17, 15) is 0 Å². The molecule has 1 heterocycles. The summed E-state index contributed by atoms with van der Waals surface area (Å²) in [5.41, 5.74) is 2.65. The fourth-order valence-corrected chi connectivity index (χ4v) is 4.17. The minimum Gasteiger partial charge on any atom is -0.201 e. The number of nitrogens with zero attached hydrogens (tertiary/aromatic N) is 1. The summed E-state index contributed by atoms with van der Waals surface area (Å²) in [5, 5.41) is 0.676. The molecule has 0 fully saturated rings. The van der Waals surface area contributed by atoms with Gasteiger partial charge in [-0.2, -0.15) is 0 Å². The van der Waals surface area contributed by atoms with Crippen LogP contribution in [0, 0.1) is 6.92 Å². The van der Waals surface area contributed by atoms with E-state index in [1.807, 2.05) is 68.6 Å². The average Bonchev–Trinajstić information content (AvgIpc) is 2.51. The molecule has 0 N–H and O–H groups in total. The van der Waals surface area contributed by atoms with Gasteiger partial charge in [0.1, 0.15) is 7.05 Å². The zero-order chi connectivity index (χ0) is 21.7. The van der Waals surface area contributed by atoms with Crippen LogP contribution >= 0.6 is 0 Å². The van der Waals surface area contributed by atoms with Crippen LogP contribution in [0.1, 0.15) is 40.3 Å². The molecule has 0 atom stereocenters. The summed E-state index contributed by atoms with van der Waals surface area (Å²) in [6.45, 7) is 2.02. The lowest BCUT2D eigenvalue weighted by Gasteiger charge is -2.22. The molecule has 2 heteroatoms. The number of rotatable bonds is 3. The van der Waals surface area contributed by atoms with Crippen molar-refractivity contribution < 1.29 is 14.2 Å². The van der Waals surface area contributed by atoms with E-state index in [1.165, 1.54) is 0 Å². The van der Waals surface area contributed by atoms with Crippen molar-refractivity contribution in [3.63, 3.8) is 0 Å². The Morgan fingerprint density at radius 1 is 1.19 bits per heavy atom. The van der Waals surface area contributed by atoms with Crippen molar-refractivity contribution in [3.05, 3.63) is 47.7 Å². The maximum absolute atomic E-state index is 8.76. The normalized spacial score (nSPS) is 18.6. The van der Waals surface area contributed by atoms with E-state index in [0.717, 1.165) is 11.1 Å². The van der Waals surface area contributed by atoms with Gasteiger partial charge in [0.2, 0.25) is 5.69 Å². The first-order valence-electron chi connectivity index (χ1n) is 10.6. The molecule has 1 aromatic carbocycles. The summed E-state index contributed by atoms with van der Waals surface area (Å²) in [5.74, 6) is -2.71. The van der Waals surface area contributed by atoms with Crippen molar-refractivity contribution in [1.29, 1.82) is 0 Å². The summed E-state index contributed by atoms with van der Waals surface area (Å²) in [6.07, 6.45) is 1.82. The Hall–Kier alpha value is -1.41. The Morgan fingerprint density at radius 2 is 1.86 bits per heavy atom. The van der Waals surface area contributed by atoms with Gasteiger partial charge < -0.3 is 0 Å². The van der Waals surface area contributed by atoms with Gasteiger partial charge in [-0.25, -0.2) is 4.57 Å². The SMILES string of the molecule is [2H]C([2H])([2H])C([2H])(c1cc(-c2ccccc2C)[n+](C)cc1[Si](C)(C)C)C([2H])([2H])[2H]. The van der Waals surface area contributed by atoms with Crippen molar-refractivity contribution in [1.82, 2.24) is 0 Å². The van der Waals surface area contributed by atoms with Crippen LogP contribution in [0.5, 0.6) is 0 Å². The molecule has 0 aliphatic rings. The Labute approximate surface area is 140 Å². The smallest absolute Gasteiger partial charge is 0.201 e. The zero-order valence-electron chi connectivity index (χ0n) is 20.4. The van der Waals surface area contributed by atoms with Crippen molar-refractivity contribution >= 4 is 13.3 Å². The molecule has 0 bridgehead atoms. The lowest BCUT2D eigenvalue weighted by molar-refractivity contribution is -0.659. The third-order valence-corrected chi connectivity index (χ3v) is 5.79. The highest BCUT2D eigenvalue weighted by Gasteiger charge is 2.27. The predicted octanol–water partition coefficient (Wildman–Crippen LogP) is 4.16. The fourth-order valence-electron chi connectivity index (χ4n) is 2.58. The van der Waals surface area contributed by atoms with Crippen LogP contribution in [0.2, 0.25) is 19.6 Å². The first-order chi connectivity index (χ1) is 12.5. The van der Waals surface area contributed by atoms with E-state index in [1.54, 1.807) is 6.07 Å². The number of aryl methyl sites for hydroxylation is 2. The molecule has 0 unspecified atom stereocenters. The van der Waals surface area contributed by atoms with Crippen molar-refractivity contribution in [3.8, 4) is 11.3 Å².